The second-order valence-corrected chi connectivity index (χ2v) is 8.42. The molecule has 1 amide bonds. The van der Waals surface area contributed by atoms with Gasteiger partial charge in [-0.25, -0.2) is 18.2 Å². The molecule has 1 fully saturated rings. The number of aromatic nitrogens is 2. The van der Waals surface area contributed by atoms with Crippen molar-refractivity contribution in [1.82, 2.24) is 9.97 Å². The van der Waals surface area contributed by atoms with Crippen molar-refractivity contribution >= 4 is 17.3 Å². The fraction of sp³-hybridized carbons (Fsp3) is 0.280. The van der Waals surface area contributed by atoms with Crippen molar-refractivity contribution in [2.45, 2.75) is 31.7 Å². The van der Waals surface area contributed by atoms with Crippen molar-refractivity contribution in [2.24, 2.45) is 16.8 Å². The van der Waals surface area contributed by atoms with Crippen LogP contribution >= 0.6 is 0 Å². The zero-order chi connectivity index (χ0) is 25.1. The average Bonchev–Trinajstić information content (AvgIpc) is 2.82. The van der Waals surface area contributed by atoms with E-state index in [1.165, 1.54) is 13.3 Å². The Balaban J connectivity index is 1.61. The number of halogens is 3. The van der Waals surface area contributed by atoms with Crippen LogP contribution in [0.3, 0.4) is 0 Å². The van der Waals surface area contributed by atoms with E-state index in [4.69, 9.17) is 10.6 Å². The highest BCUT2D eigenvalue weighted by Crippen LogP contribution is 2.37. The molecule has 182 valence electrons. The summed E-state index contributed by atoms with van der Waals surface area (Å²) in [7, 11) is 1.48. The largest absolute Gasteiger partial charge is 0.399 e. The second kappa shape index (κ2) is 10.2. The Hall–Kier alpha value is -3.79. The molecule has 3 N–H and O–H groups in total. The number of hydrogen-bond donors (Lipinski definition) is 2. The van der Waals surface area contributed by atoms with Gasteiger partial charge in [0.1, 0.15) is 35.9 Å². The lowest BCUT2D eigenvalue weighted by molar-refractivity contribution is 0.102. The van der Waals surface area contributed by atoms with Crippen molar-refractivity contribution < 1.29 is 22.8 Å². The number of nitrogens with two attached hydrogens (primary N) is 1. The zero-order valence-corrected chi connectivity index (χ0v) is 19.1. The SMILES string of the molecule is CON=C1[C@H](N)C[C@H](c2ccncc2NC(=O)c2ccc(F)c(-c3c(F)cccc3F)n2)C[C@@H]1C. The van der Waals surface area contributed by atoms with E-state index in [1.807, 2.05) is 6.92 Å². The number of pyridine rings is 2. The molecule has 1 aliphatic rings. The van der Waals surface area contributed by atoms with Gasteiger partial charge in [-0.2, -0.15) is 0 Å². The minimum absolute atomic E-state index is 0.0124. The first-order chi connectivity index (χ1) is 16.8. The van der Waals surface area contributed by atoms with Gasteiger partial charge in [-0.1, -0.05) is 18.1 Å². The van der Waals surface area contributed by atoms with Crippen molar-refractivity contribution in [2.75, 3.05) is 12.4 Å². The van der Waals surface area contributed by atoms with Gasteiger partial charge in [0.2, 0.25) is 0 Å². The van der Waals surface area contributed by atoms with E-state index in [2.05, 4.69) is 20.4 Å². The molecule has 4 rings (SSSR count). The van der Waals surface area contributed by atoms with Gasteiger partial charge in [0.15, 0.2) is 0 Å². The maximum absolute atomic E-state index is 14.4. The highest BCUT2D eigenvalue weighted by Gasteiger charge is 2.33. The van der Waals surface area contributed by atoms with Crippen LogP contribution in [0.4, 0.5) is 18.9 Å². The highest BCUT2D eigenvalue weighted by molar-refractivity contribution is 6.03. The summed E-state index contributed by atoms with van der Waals surface area (Å²) in [5.41, 5.74) is 6.94. The summed E-state index contributed by atoms with van der Waals surface area (Å²) >= 11 is 0. The lowest BCUT2D eigenvalue weighted by atomic mass is 9.75. The third-order valence-corrected chi connectivity index (χ3v) is 6.08. The van der Waals surface area contributed by atoms with Crippen molar-refractivity contribution in [3.63, 3.8) is 0 Å². The Bertz CT molecular complexity index is 1250. The van der Waals surface area contributed by atoms with Gasteiger partial charge in [-0.15, -0.1) is 0 Å². The molecule has 2 aromatic heterocycles. The molecule has 3 aromatic rings. The Morgan fingerprint density at radius 3 is 2.54 bits per heavy atom. The highest BCUT2D eigenvalue weighted by atomic mass is 19.1. The Morgan fingerprint density at radius 2 is 1.86 bits per heavy atom. The Labute approximate surface area is 200 Å². The summed E-state index contributed by atoms with van der Waals surface area (Å²) in [5.74, 6) is -3.51. The van der Waals surface area contributed by atoms with Gasteiger partial charge in [-0.3, -0.25) is 9.78 Å². The molecule has 2 heterocycles. The average molecular weight is 483 g/mol. The molecule has 3 atom stereocenters. The third-order valence-electron chi connectivity index (χ3n) is 6.08. The van der Waals surface area contributed by atoms with Gasteiger partial charge in [0, 0.05) is 12.2 Å². The second-order valence-electron chi connectivity index (χ2n) is 8.42. The number of carbonyl (C=O) groups is 1. The van der Waals surface area contributed by atoms with E-state index >= 15 is 0 Å². The fourth-order valence-electron chi connectivity index (χ4n) is 4.47. The number of rotatable bonds is 5. The first-order valence-electron chi connectivity index (χ1n) is 11.0. The summed E-state index contributed by atoms with van der Waals surface area (Å²) in [5, 5.41) is 6.80. The number of nitrogens with zero attached hydrogens (tertiary/aromatic N) is 3. The summed E-state index contributed by atoms with van der Waals surface area (Å²) in [4.78, 5) is 25.9. The number of oxime groups is 1. The molecular weight excluding hydrogens is 459 g/mol. The summed E-state index contributed by atoms with van der Waals surface area (Å²) in [6.45, 7) is 2.01. The minimum atomic E-state index is -0.984. The predicted molar refractivity (Wildman–Crippen MR) is 125 cm³/mol. The number of amides is 1. The van der Waals surface area contributed by atoms with Crippen molar-refractivity contribution in [1.29, 1.82) is 0 Å². The molecular formula is C25H24F3N5O2. The standard InChI is InChI=1S/C25H24F3N5O2/c1-13-10-14(11-19(29)23(13)33-35-2)15-8-9-30-12-21(15)32-25(34)20-7-6-18(28)24(31-20)22-16(26)4-3-5-17(22)27/h3-9,12-14,19H,10-11,29H2,1-2H3,(H,32,34)/t13-,14+,19+/m0/s1. The predicted octanol–water partition coefficient (Wildman–Crippen LogP) is 4.66. The smallest absolute Gasteiger partial charge is 0.274 e. The van der Waals surface area contributed by atoms with Crippen LogP contribution in [0.1, 0.15) is 41.7 Å². The molecule has 1 saturated carbocycles. The normalized spacial score (nSPS) is 21.1. The molecule has 35 heavy (non-hydrogen) atoms. The van der Waals surface area contributed by atoms with Crippen LogP contribution in [-0.4, -0.2) is 34.7 Å². The number of carbonyl (C=O) groups excluding carboxylic acids is 1. The number of anilines is 1. The van der Waals surface area contributed by atoms with Gasteiger partial charge in [0.05, 0.1) is 23.2 Å². The van der Waals surface area contributed by atoms with Crippen molar-refractivity contribution in [3.8, 4) is 11.3 Å². The topological polar surface area (TPSA) is 102 Å². The Morgan fingerprint density at radius 1 is 1.11 bits per heavy atom. The molecule has 0 saturated heterocycles. The Kier molecular flexibility index (Phi) is 7.11. The van der Waals surface area contributed by atoms with E-state index < -0.39 is 34.6 Å². The number of benzene rings is 1. The van der Waals surface area contributed by atoms with Crippen LogP contribution in [0, 0.1) is 23.4 Å². The van der Waals surface area contributed by atoms with Gasteiger partial charge < -0.3 is 15.9 Å². The maximum Gasteiger partial charge on any atom is 0.274 e. The van der Waals surface area contributed by atoms with Crippen molar-refractivity contribution in [3.05, 3.63) is 77.5 Å². The molecule has 0 aliphatic heterocycles. The molecule has 0 unspecified atom stereocenters. The first-order valence-corrected chi connectivity index (χ1v) is 11.0. The fourth-order valence-corrected chi connectivity index (χ4v) is 4.47. The first kappa shape index (κ1) is 24.3. The molecule has 0 bridgehead atoms. The number of nitrogens with one attached hydrogen (secondary N) is 1. The quantitative estimate of drug-likeness (QED) is 0.514. The van der Waals surface area contributed by atoms with Crippen LogP contribution in [-0.2, 0) is 4.84 Å². The van der Waals surface area contributed by atoms with E-state index in [0.29, 0.717) is 12.1 Å². The summed E-state index contributed by atoms with van der Waals surface area (Å²) in [6, 6.07) is 6.74. The molecule has 10 heteroatoms. The van der Waals surface area contributed by atoms with E-state index in [1.54, 1.807) is 12.3 Å². The minimum Gasteiger partial charge on any atom is -0.399 e. The van der Waals surface area contributed by atoms with E-state index in [0.717, 1.165) is 48.0 Å². The van der Waals surface area contributed by atoms with Crippen LogP contribution < -0.4 is 11.1 Å². The van der Waals surface area contributed by atoms with E-state index in [-0.39, 0.29) is 23.6 Å². The monoisotopic (exact) mass is 483 g/mol. The molecule has 7 nitrogen and oxygen atoms in total. The molecule has 0 radical (unpaired) electrons. The molecule has 1 aliphatic carbocycles. The van der Waals surface area contributed by atoms with E-state index in [9.17, 15) is 18.0 Å². The lowest BCUT2D eigenvalue weighted by Crippen LogP contribution is -2.41. The van der Waals surface area contributed by atoms with Crippen LogP contribution in [0.2, 0.25) is 0 Å². The number of hydrogen-bond acceptors (Lipinski definition) is 6. The van der Waals surface area contributed by atoms with Crippen LogP contribution in [0.15, 0.2) is 53.9 Å². The zero-order valence-electron chi connectivity index (χ0n) is 19.1. The third kappa shape index (κ3) is 5.02. The van der Waals surface area contributed by atoms with Crippen LogP contribution in [0.25, 0.3) is 11.3 Å². The van der Waals surface area contributed by atoms with Gasteiger partial charge in [0.25, 0.3) is 5.91 Å². The summed E-state index contributed by atoms with van der Waals surface area (Å²) < 4.78 is 42.8. The lowest BCUT2D eigenvalue weighted by Gasteiger charge is -2.33. The molecule has 0 spiro atoms. The van der Waals surface area contributed by atoms with Gasteiger partial charge >= 0.3 is 0 Å². The molecule has 1 aromatic carbocycles. The maximum atomic E-state index is 14.4. The summed E-state index contributed by atoms with van der Waals surface area (Å²) in [6.07, 6.45) is 4.44. The van der Waals surface area contributed by atoms with Crippen LogP contribution in [0.5, 0.6) is 0 Å². The van der Waals surface area contributed by atoms with Gasteiger partial charge in [-0.05, 0) is 60.6 Å².